The summed E-state index contributed by atoms with van der Waals surface area (Å²) in [5.74, 6) is 0.264. The summed E-state index contributed by atoms with van der Waals surface area (Å²) in [7, 11) is 0. The van der Waals surface area contributed by atoms with E-state index in [-0.39, 0.29) is 0 Å². The maximum absolute atomic E-state index is 12.0. The third kappa shape index (κ3) is 3.21. The van der Waals surface area contributed by atoms with Gasteiger partial charge in [0.2, 0.25) is 0 Å². The van der Waals surface area contributed by atoms with E-state index in [0.29, 0.717) is 17.3 Å². The van der Waals surface area contributed by atoms with Crippen molar-refractivity contribution in [2.24, 2.45) is 5.92 Å². The van der Waals surface area contributed by atoms with Crippen molar-refractivity contribution in [1.82, 2.24) is 4.98 Å². The Balaban J connectivity index is 2.16. The first-order valence-electron chi connectivity index (χ1n) is 8.11. The molecule has 1 aromatic heterocycles. The minimum atomic E-state index is -0.912. The maximum Gasteiger partial charge on any atom is 0.340 e. The first-order chi connectivity index (χ1) is 11.1. The topological polar surface area (TPSA) is 53.4 Å². The highest BCUT2D eigenvalue weighted by Crippen LogP contribution is 2.33. The molecule has 2 heterocycles. The van der Waals surface area contributed by atoms with Crippen molar-refractivity contribution >= 4 is 11.8 Å². The van der Waals surface area contributed by atoms with Gasteiger partial charge in [-0.3, -0.25) is 0 Å². The fraction of sp³-hybridized carbons (Fsp3) is 0.368. The Morgan fingerprint density at radius 3 is 2.70 bits per heavy atom. The fourth-order valence-corrected chi connectivity index (χ4v) is 3.32. The van der Waals surface area contributed by atoms with Gasteiger partial charge in [-0.15, -0.1) is 0 Å². The van der Waals surface area contributed by atoms with Crippen LogP contribution in [0, 0.1) is 12.8 Å². The number of pyridine rings is 1. The van der Waals surface area contributed by atoms with Gasteiger partial charge in [0.25, 0.3) is 0 Å². The molecule has 2 aromatic rings. The smallest absolute Gasteiger partial charge is 0.340 e. The molecular weight excluding hydrogens is 288 g/mol. The van der Waals surface area contributed by atoms with Gasteiger partial charge in [0, 0.05) is 24.3 Å². The average Bonchev–Trinajstić information content (AvgIpc) is 2.54. The molecule has 0 saturated carbocycles. The van der Waals surface area contributed by atoms with Crippen LogP contribution in [0.3, 0.4) is 0 Å². The molecule has 4 nitrogen and oxygen atoms in total. The Morgan fingerprint density at radius 1 is 1.30 bits per heavy atom. The Morgan fingerprint density at radius 2 is 2.04 bits per heavy atom. The van der Waals surface area contributed by atoms with Gasteiger partial charge in [-0.25, -0.2) is 9.78 Å². The number of aromatic nitrogens is 1. The second kappa shape index (κ2) is 6.41. The quantitative estimate of drug-likeness (QED) is 0.931. The lowest BCUT2D eigenvalue weighted by atomic mass is 9.96. The number of carboxylic acids is 1. The number of nitrogens with zero attached hydrogens (tertiary/aromatic N) is 2. The molecule has 0 radical (unpaired) electrons. The number of anilines is 1. The number of aromatic carboxylic acids is 1. The molecule has 3 rings (SSSR count). The van der Waals surface area contributed by atoms with Gasteiger partial charge >= 0.3 is 5.97 Å². The minimum Gasteiger partial charge on any atom is -0.478 e. The number of carboxylic acid groups (broad SMARTS) is 1. The van der Waals surface area contributed by atoms with E-state index in [1.54, 1.807) is 0 Å². The van der Waals surface area contributed by atoms with Gasteiger partial charge in [0.1, 0.15) is 11.4 Å². The van der Waals surface area contributed by atoms with Gasteiger partial charge in [-0.05, 0) is 37.3 Å². The molecule has 1 unspecified atom stereocenters. The predicted octanol–water partition coefficient (Wildman–Crippen LogP) is 3.99. The van der Waals surface area contributed by atoms with E-state index in [9.17, 15) is 9.90 Å². The summed E-state index contributed by atoms with van der Waals surface area (Å²) < 4.78 is 0. The zero-order chi connectivity index (χ0) is 16.4. The molecule has 0 amide bonds. The van der Waals surface area contributed by atoms with Crippen LogP contribution >= 0.6 is 0 Å². The molecule has 1 fully saturated rings. The van der Waals surface area contributed by atoms with Crippen molar-refractivity contribution in [1.29, 1.82) is 0 Å². The minimum absolute atomic E-state index is 0.316. The zero-order valence-corrected chi connectivity index (χ0v) is 13.6. The van der Waals surface area contributed by atoms with Crippen LogP contribution in [-0.4, -0.2) is 29.1 Å². The van der Waals surface area contributed by atoms with Crippen LogP contribution in [0.1, 0.15) is 35.8 Å². The standard InChI is InChI=1S/C19H22N2O2/c1-13-7-6-10-21(12-13)18-17(19(22)23)16(11-14(2)20-18)15-8-4-3-5-9-15/h3-5,8-9,11,13H,6-7,10,12H2,1-2H3,(H,22,23). The summed E-state index contributed by atoms with van der Waals surface area (Å²) >= 11 is 0. The Kier molecular flexibility index (Phi) is 4.33. The molecule has 1 atom stereocenters. The molecular formula is C19H22N2O2. The van der Waals surface area contributed by atoms with E-state index in [2.05, 4.69) is 16.8 Å². The SMILES string of the molecule is Cc1cc(-c2ccccc2)c(C(=O)O)c(N2CCCC(C)C2)n1. The van der Waals surface area contributed by atoms with Crippen molar-refractivity contribution in [3.63, 3.8) is 0 Å². The van der Waals surface area contributed by atoms with Crippen LogP contribution < -0.4 is 4.90 Å². The highest BCUT2D eigenvalue weighted by atomic mass is 16.4. The largest absolute Gasteiger partial charge is 0.478 e. The van der Waals surface area contributed by atoms with Gasteiger partial charge in [0.15, 0.2) is 0 Å². The lowest BCUT2D eigenvalue weighted by Gasteiger charge is -2.33. The second-order valence-electron chi connectivity index (χ2n) is 6.37. The zero-order valence-electron chi connectivity index (χ0n) is 13.6. The van der Waals surface area contributed by atoms with E-state index in [4.69, 9.17) is 0 Å². The first kappa shape index (κ1) is 15.5. The van der Waals surface area contributed by atoms with Crippen LogP contribution in [0.15, 0.2) is 36.4 Å². The van der Waals surface area contributed by atoms with Gasteiger partial charge < -0.3 is 10.0 Å². The van der Waals surface area contributed by atoms with E-state index in [1.165, 1.54) is 6.42 Å². The van der Waals surface area contributed by atoms with E-state index in [0.717, 1.165) is 36.3 Å². The van der Waals surface area contributed by atoms with Crippen molar-refractivity contribution < 1.29 is 9.90 Å². The number of aryl methyl sites for hydroxylation is 1. The van der Waals surface area contributed by atoms with Gasteiger partial charge in [-0.1, -0.05) is 37.3 Å². The van der Waals surface area contributed by atoms with Crippen LogP contribution in [0.5, 0.6) is 0 Å². The average molecular weight is 310 g/mol. The van der Waals surface area contributed by atoms with Crippen LogP contribution in [0.4, 0.5) is 5.82 Å². The molecule has 1 aliphatic rings. The third-order valence-electron chi connectivity index (χ3n) is 4.38. The van der Waals surface area contributed by atoms with Gasteiger partial charge in [-0.2, -0.15) is 0 Å². The molecule has 1 saturated heterocycles. The molecule has 0 spiro atoms. The van der Waals surface area contributed by atoms with Crippen LogP contribution in [0.2, 0.25) is 0 Å². The van der Waals surface area contributed by atoms with E-state index >= 15 is 0 Å². The van der Waals surface area contributed by atoms with Gasteiger partial charge in [0.05, 0.1) is 0 Å². The van der Waals surface area contributed by atoms with Crippen molar-refractivity contribution in [2.75, 3.05) is 18.0 Å². The number of benzene rings is 1. The fourth-order valence-electron chi connectivity index (χ4n) is 3.32. The third-order valence-corrected chi connectivity index (χ3v) is 4.38. The summed E-state index contributed by atoms with van der Waals surface area (Å²) in [5.41, 5.74) is 2.83. The second-order valence-corrected chi connectivity index (χ2v) is 6.37. The summed E-state index contributed by atoms with van der Waals surface area (Å²) in [5, 5.41) is 9.83. The Hall–Kier alpha value is -2.36. The van der Waals surface area contributed by atoms with Crippen molar-refractivity contribution in [3.8, 4) is 11.1 Å². The predicted molar refractivity (Wildman–Crippen MR) is 92.0 cm³/mol. The molecule has 120 valence electrons. The number of hydrogen-bond acceptors (Lipinski definition) is 3. The first-order valence-corrected chi connectivity index (χ1v) is 8.11. The van der Waals surface area contributed by atoms with Crippen molar-refractivity contribution in [3.05, 3.63) is 47.7 Å². The van der Waals surface area contributed by atoms with E-state index < -0.39 is 5.97 Å². The number of carbonyl (C=O) groups is 1. The Labute approximate surface area is 136 Å². The molecule has 1 N–H and O–H groups in total. The lowest BCUT2D eigenvalue weighted by molar-refractivity contribution is 0.0698. The normalized spacial score (nSPS) is 18.0. The van der Waals surface area contributed by atoms with Crippen molar-refractivity contribution in [2.45, 2.75) is 26.7 Å². The summed E-state index contributed by atoms with van der Waals surface area (Å²) in [4.78, 5) is 18.7. The highest BCUT2D eigenvalue weighted by Gasteiger charge is 2.26. The maximum atomic E-state index is 12.0. The number of piperidine rings is 1. The molecule has 0 bridgehead atoms. The molecule has 4 heteroatoms. The number of rotatable bonds is 3. The van der Waals surface area contributed by atoms with Crippen LogP contribution in [-0.2, 0) is 0 Å². The lowest BCUT2D eigenvalue weighted by Crippen LogP contribution is -2.36. The summed E-state index contributed by atoms with van der Waals surface area (Å²) in [6, 6.07) is 11.6. The summed E-state index contributed by atoms with van der Waals surface area (Å²) in [6.07, 6.45) is 2.27. The monoisotopic (exact) mass is 310 g/mol. The Bertz CT molecular complexity index is 713. The molecule has 1 aromatic carbocycles. The number of hydrogen-bond donors (Lipinski definition) is 1. The molecule has 23 heavy (non-hydrogen) atoms. The van der Waals surface area contributed by atoms with E-state index in [1.807, 2.05) is 43.3 Å². The highest BCUT2D eigenvalue weighted by molar-refractivity contribution is 6.01. The van der Waals surface area contributed by atoms with Crippen LogP contribution in [0.25, 0.3) is 11.1 Å². The molecule has 1 aliphatic heterocycles. The summed E-state index contributed by atoms with van der Waals surface area (Å²) in [6.45, 7) is 5.87. The molecule has 0 aliphatic carbocycles.